The topological polar surface area (TPSA) is 116 Å². The fourth-order valence-electron chi connectivity index (χ4n) is 5.73. The highest BCUT2D eigenvalue weighted by molar-refractivity contribution is 5.97. The predicted molar refractivity (Wildman–Crippen MR) is 120 cm³/mol. The molecule has 3 aromatic heterocycles. The number of carbonyl (C=O) groups excluding carboxylic acids is 1. The van der Waals surface area contributed by atoms with Crippen molar-refractivity contribution < 1.29 is 27.9 Å². The molecule has 0 radical (unpaired) electrons. The molecule has 1 saturated carbocycles. The summed E-state index contributed by atoms with van der Waals surface area (Å²) in [6.45, 7) is 1.40. The number of alkyl halides is 2. The normalized spacial score (nSPS) is 26.3. The molecule has 2 unspecified atom stereocenters. The Morgan fingerprint density at radius 1 is 1.20 bits per heavy atom. The van der Waals surface area contributed by atoms with Crippen LogP contribution in [-0.2, 0) is 4.74 Å². The number of anilines is 1. The Hall–Kier alpha value is -3.12. The molecule has 12 heteroatoms. The number of fused-ring (bicyclic) bond motifs is 3. The first-order valence-electron chi connectivity index (χ1n) is 12.0. The average Bonchev–Trinajstić information content (AvgIpc) is 3.46. The fraction of sp³-hybridized carbons (Fsp3) is 0.565. The van der Waals surface area contributed by atoms with Crippen molar-refractivity contribution in [2.45, 2.75) is 56.7 Å². The molecule has 10 nitrogen and oxygen atoms in total. The van der Waals surface area contributed by atoms with Crippen molar-refractivity contribution in [2.24, 2.45) is 11.7 Å². The molecule has 3 N–H and O–H groups in total. The van der Waals surface area contributed by atoms with E-state index in [9.17, 15) is 18.7 Å². The highest BCUT2D eigenvalue weighted by Crippen LogP contribution is 2.36. The molecular formula is C23H28F2N7O3+. The van der Waals surface area contributed by atoms with E-state index in [0.29, 0.717) is 24.7 Å². The molecule has 0 spiro atoms. The summed E-state index contributed by atoms with van der Waals surface area (Å²) in [4.78, 5) is 19.2. The molecule has 6 rings (SSSR count). The maximum absolute atomic E-state index is 14.1. The van der Waals surface area contributed by atoms with Crippen molar-refractivity contribution >= 4 is 17.4 Å². The molecule has 1 aliphatic carbocycles. The molecule has 2 atom stereocenters. The zero-order valence-corrected chi connectivity index (χ0v) is 19.1. The van der Waals surface area contributed by atoms with Crippen molar-refractivity contribution in [2.75, 3.05) is 24.7 Å². The van der Waals surface area contributed by atoms with Gasteiger partial charge in [-0.1, -0.05) is 0 Å². The first-order valence-corrected chi connectivity index (χ1v) is 12.0. The van der Waals surface area contributed by atoms with Crippen LogP contribution in [0.3, 0.4) is 0 Å². The lowest BCUT2D eigenvalue weighted by molar-refractivity contribution is -0.600. The number of primary amides is 1. The summed E-state index contributed by atoms with van der Waals surface area (Å²) in [6, 6.07) is 2.28. The third-order valence-corrected chi connectivity index (χ3v) is 7.65. The monoisotopic (exact) mass is 488 g/mol. The zero-order valence-electron chi connectivity index (χ0n) is 19.1. The Balaban J connectivity index is 1.41. The van der Waals surface area contributed by atoms with Crippen molar-refractivity contribution in [3.63, 3.8) is 0 Å². The van der Waals surface area contributed by atoms with E-state index in [2.05, 4.69) is 10.00 Å². The van der Waals surface area contributed by atoms with Crippen molar-refractivity contribution in [1.82, 2.24) is 19.4 Å². The number of aliphatic hydroxyl groups is 1. The summed E-state index contributed by atoms with van der Waals surface area (Å²) < 4.78 is 38.3. The number of nitrogens with two attached hydrogens (primary N) is 1. The first-order chi connectivity index (χ1) is 16.9. The van der Waals surface area contributed by atoms with Crippen LogP contribution in [0.1, 0.15) is 60.6 Å². The van der Waals surface area contributed by atoms with Crippen LogP contribution in [0.25, 0.3) is 11.3 Å². The maximum atomic E-state index is 14.1. The van der Waals surface area contributed by atoms with E-state index < -0.39 is 12.3 Å². The SMILES string of the molecule is NC(=O)c1cn(-c2cn(C3CCC(CO)CC3)nc2C(F)F)[n+]2ccc(N3C4COCC3C4)nc12. The van der Waals surface area contributed by atoms with Crippen molar-refractivity contribution in [3.05, 3.63) is 35.9 Å². The fourth-order valence-corrected chi connectivity index (χ4v) is 5.73. The maximum Gasteiger partial charge on any atom is 0.363 e. The number of amides is 1. The average molecular weight is 489 g/mol. The third kappa shape index (κ3) is 3.66. The van der Waals surface area contributed by atoms with Crippen LogP contribution in [0, 0.1) is 5.92 Å². The lowest BCUT2D eigenvalue weighted by atomic mass is 9.87. The number of aromatic nitrogens is 5. The van der Waals surface area contributed by atoms with Gasteiger partial charge in [0.15, 0.2) is 11.3 Å². The molecule has 1 amide bonds. The van der Waals surface area contributed by atoms with Gasteiger partial charge in [0.2, 0.25) is 5.82 Å². The van der Waals surface area contributed by atoms with E-state index in [1.807, 2.05) is 6.07 Å². The van der Waals surface area contributed by atoms with Gasteiger partial charge in [0.05, 0.1) is 43.7 Å². The van der Waals surface area contributed by atoms with E-state index in [-0.39, 0.29) is 47.6 Å². The molecule has 3 fully saturated rings. The summed E-state index contributed by atoms with van der Waals surface area (Å²) in [5, 5.41) is 13.6. The molecule has 3 aliphatic rings. The van der Waals surface area contributed by atoms with Crippen LogP contribution in [0.2, 0.25) is 0 Å². The Morgan fingerprint density at radius 3 is 2.57 bits per heavy atom. The number of hydrogen-bond donors (Lipinski definition) is 2. The molecule has 3 aromatic rings. The molecule has 2 saturated heterocycles. The lowest BCUT2D eigenvalue weighted by Crippen LogP contribution is -2.64. The summed E-state index contributed by atoms with van der Waals surface area (Å²) in [5.41, 5.74) is 5.91. The van der Waals surface area contributed by atoms with Gasteiger partial charge in [-0.15, -0.1) is 4.52 Å². The van der Waals surface area contributed by atoms with Gasteiger partial charge in [0.1, 0.15) is 11.9 Å². The highest BCUT2D eigenvalue weighted by Gasteiger charge is 2.45. The lowest BCUT2D eigenvalue weighted by Gasteiger charge is -2.51. The van der Waals surface area contributed by atoms with Crippen molar-refractivity contribution in [3.8, 4) is 5.69 Å². The summed E-state index contributed by atoms with van der Waals surface area (Å²) in [7, 11) is 0. The summed E-state index contributed by atoms with van der Waals surface area (Å²) in [5.74, 6) is 0.266. The van der Waals surface area contributed by atoms with Crippen LogP contribution in [0.15, 0.2) is 24.7 Å². The van der Waals surface area contributed by atoms with Gasteiger partial charge in [0, 0.05) is 12.7 Å². The van der Waals surface area contributed by atoms with Crippen LogP contribution in [-0.4, -0.2) is 62.4 Å². The molecule has 5 heterocycles. The molecular weight excluding hydrogens is 460 g/mol. The number of aliphatic hydroxyl groups excluding tert-OH is 1. The molecule has 2 bridgehead atoms. The molecule has 2 aliphatic heterocycles. The second-order valence-electron chi connectivity index (χ2n) is 9.73. The van der Waals surface area contributed by atoms with Gasteiger partial charge in [-0.25, -0.2) is 8.78 Å². The summed E-state index contributed by atoms with van der Waals surface area (Å²) in [6.07, 6.45) is 6.17. The molecule has 186 valence electrons. The Kier molecular flexibility index (Phi) is 5.44. The van der Waals surface area contributed by atoms with Crippen LogP contribution >= 0.6 is 0 Å². The second-order valence-corrected chi connectivity index (χ2v) is 9.73. The summed E-state index contributed by atoms with van der Waals surface area (Å²) >= 11 is 0. The second kappa shape index (κ2) is 8.52. The quantitative estimate of drug-likeness (QED) is 0.509. The van der Waals surface area contributed by atoms with Gasteiger partial charge in [-0.05, 0) is 43.0 Å². The van der Waals surface area contributed by atoms with E-state index in [0.717, 1.165) is 32.1 Å². The minimum absolute atomic E-state index is 0.0238. The highest BCUT2D eigenvalue weighted by atomic mass is 19.3. The number of halogens is 2. The smallest absolute Gasteiger partial charge is 0.363 e. The van der Waals surface area contributed by atoms with E-state index in [1.54, 1.807) is 21.6 Å². The molecule has 0 aromatic carbocycles. The number of ether oxygens (including phenoxy) is 1. The minimum Gasteiger partial charge on any atom is -0.396 e. The minimum atomic E-state index is -2.80. The van der Waals surface area contributed by atoms with E-state index in [4.69, 9.17) is 15.5 Å². The number of nitrogens with zero attached hydrogens (tertiary/aromatic N) is 6. The van der Waals surface area contributed by atoms with Gasteiger partial charge >= 0.3 is 5.65 Å². The molecule has 35 heavy (non-hydrogen) atoms. The Morgan fingerprint density at radius 2 is 1.94 bits per heavy atom. The van der Waals surface area contributed by atoms with E-state index in [1.165, 1.54) is 10.9 Å². The van der Waals surface area contributed by atoms with Crippen LogP contribution < -0.4 is 15.1 Å². The Bertz CT molecular complexity index is 1250. The van der Waals surface area contributed by atoms with Gasteiger partial charge < -0.3 is 20.5 Å². The van der Waals surface area contributed by atoms with Crippen LogP contribution in [0.4, 0.5) is 14.6 Å². The standard InChI is InChI=1S/C23H27F2N7O3/c24-21(25)20-18(9-29(28-20)14-3-1-13(10-33)2-4-14)31-8-17(22(26)34)23-27-19(5-6-30(23)31)32-15-7-16(32)12-35-11-15/h5-6,8-9,13-16,21,33H,1-4,7,10-12H2,(H-,26,34)/p+1. The van der Waals surface area contributed by atoms with E-state index >= 15 is 0 Å². The van der Waals surface area contributed by atoms with Crippen molar-refractivity contribution in [1.29, 1.82) is 0 Å². The van der Waals surface area contributed by atoms with Crippen LogP contribution in [0.5, 0.6) is 0 Å². The number of hydrogen-bond acceptors (Lipinski definition) is 6. The zero-order chi connectivity index (χ0) is 24.3. The number of morpholine rings is 1. The number of rotatable bonds is 6. The van der Waals surface area contributed by atoms with Gasteiger partial charge in [-0.3, -0.25) is 9.48 Å². The largest absolute Gasteiger partial charge is 0.396 e. The third-order valence-electron chi connectivity index (χ3n) is 7.65. The first kappa shape index (κ1) is 22.4. The Labute approximate surface area is 199 Å². The van der Waals surface area contributed by atoms with Gasteiger partial charge in [0.25, 0.3) is 12.3 Å². The number of carbonyl (C=O) groups is 1. The predicted octanol–water partition coefficient (Wildman–Crippen LogP) is 1.55. The van der Waals surface area contributed by atoms with Gasteiger partial charge in [-0.2, -0.15) is 9.78 Å².